The second kappa shape index (κ2) is 6.67. The Morgan fingerprint density at radius 1 is 0.917 bits per heavy atom. The van der Waals surface area contributed by atoms with Gasteiger partial charge in [0, 0.05) is 15.5 Å². The zero-order valence-electron chi connectivity index (χ0n) is 12.7. The lowest BCUT2D eigenvalue weighted by Crippen LogP contribution is -1.84. The van der Waals surface area contributed by atoms with Gasteiger partial charge in [-0.3, -0.25) is 5.10 Å². The van der Waals surface area contributed by atoms with Gasteiger partial charge in [-0.2, -0.15) is 5.10 Å². The molecule has 1 heterocycles. The summed E-state index contributed by atoms with van der Waals surface area (Å²) in [6.45, 7) is 0. The van der Waals surface area contributed by atoms with Gasteiger partial charge in [0.05, 0.1) is 5.75 Å². The Hall–Kier alpha value is -2.30. The van der Waals surface area contributed by atoms with E-state index < -0.39 is 0 Å². The van der Waals surface area contributed by atoms with Crippen LogP contribution in [0.3, 0.4) is 0 Å². The Morgan fingerprint density at radius 2 is 1.71 bits per heavy atom. The smallest absolute Gasteiger partial charge is 0.181 e. The number of nitrogens with one attached hydrogen (secondary N) is 1. The van der Waals surface area contributed by atoms with Crippen LogP contribution in [0, 0.1) is 0 Å². The monoisotopic (exact) mass is 351 g/mol. The van der Waals surface area contributed by atoms with E-state index in [1.807, 2.05) is 36.4 Å². The predicted molar refractivity (Wildman–Crippen MR) is 100 cm³/mol. The van der Waals surface area contributed by atoms with Gasteiger partial charge in [0.25, 0.3) is 0 Å². The molecule has 0 saturated carbocycles. The number of H-pyrrole nitrogens is 1. The minimum atomic E-state index is 0.729. The van der Waals surface area contributed by atoms with Gasteiger partial charge < -0.3 is 0 Å². The Balaban J connectivity index is 1.52. The summed E-state index contributed by atoms with van der Waals surface area (Å²) < 4.78 is 0. The molecule has 0 radical (unpaired) electrons. The first kappa shape index (κ1) is 15.2. The molecular weight excluding hydrogens is 338 g/mol. The zero-order chi connectivity index (χ0) is 16.4. The second-order valence-corrected chi connectivity index (χ2v) is 6.90. The van der Waals surface area contributed by atoms with Crippen molar-refractivity contribution in [2.75, 3.05) is 0 Å². The summed E-state index contributed by atoms with van der Waals surface area (Å²) in [4.78, 5) is 5.76. The summed E-state index contributed by atoms with van der Waals surface area (Å²) in [5, 5.41) is 10.5. The summed E-state index contributed by atoms with van der Waals surface area (Å²) in [5.74, 6) is 2.33. The molecular formula is C19H14ClN3S. The molecule has 0 bridgehead atoms. The van der Waals surface area contributed by atoms with Crippen molar-refractivity contribution in [1.29, 1.82) is 0 Å². The standard InChI is InChI=1S/C19H14ClN3S/c20-16-7-9-17(10-8-16)24-12-18-21-19(23-22-18)15-6-5-13-3-1-2-4-14(13)11-15/h1-11H,12H2,(H,21,22,23). The third-order valence-corrected chi connectivity index (χ3v) is 5.00. The molecule has 5 heteroatoms. The normalized spacial score (nSPS) is 11.0. The lowest BCUT2D eigenvalue weighted by Gasteiger charge is -2.00. The number of thioether (sulfide) groups is 1. The fourth-order valence-electron chi connectivity index (χ4n) is 2.50. The van der Waals surface area contributed by atoms with Crippen LogP contribution in [0.5, 0.6) is 0 Å². The van der Waals surface area contributed by atoms with Crippen molar-refractivity contribution >= 4 is 34.1 Å². The number of hydrogen-bond donors (Lipinski definition) is 1. The van der Waals surface area contributed by atoms with E-state index in [0.717, 1.165) is 32.9 Å². The summed E-state index contributed by atoms with van der Waals surface area (Å²) in [6.07, 6.45) is 0. The van der Waals surface area contributed by atoms with Crippen LogP contribution in [-0.4, -0.2) is 15.2 Å². The number of nitrogens with zero attached hydrogens (tertiary/aromatic N) is 2. The SMILES string of the molecule is Clc1ccc(SCc2nc(-c3ccc4ccccc4c3)n[nH]2)cc1. The Kier molecular flexibility index (Phi) is 4.24. The highest BCUT2D eigenvalue weighted by molar-refractivity contribution is 7.98. The Morgan fingerprint density at radius 3 is 2.54 bits per heavy atom. The molecule has 0 atom stereocenters. The van der Waals surface area contributed by atoms with Gasteiger partial charge in [-0.25, -0.2) is 4.98 Å². The van der Waals surface area contributed by atoms with E-state index in [2.05, 4.69) is 45.5 Å². The molecule has 1 N–H and O–H groups in total. The molecule has 0 saturated heterocycles. The fraction of sp³-hybridized carbons (Fsp3) is 0.0526. The molecule has 0 spiro atoms. The van der Waals surface area contributed by atoms with E-state index in [4.69, 9.17) is 11.6 Å². The third-order valence-electron chi connectivity index (χ3n) is 3.73. The number of halogens is 1. The largest absolute Gasteiger partial charge is 0.262 e. The van der Waals surface area contributed by atoms with Crippen LogP contribution in [0.4, 0.5) is 0 Å². The maximum absolute atomic E-state index is 5.90. The van der Waals surface area contributed by atoms with Gasteiger partial charge in [0.2, 0.25) is 0 Å². The average Bonchev–Trinajstić information content (AvgIpc) is 3.10. The van der Waals surface area contributed by atoms with Crippen LogP contribution in [0.2, 0.25) is 5.02 Å². The van der Waals surface area contributed by atoms with E-state index in [1.165, 1.54) is 10.8 Å². The molecule has 0 aliphatic rings. The zero-order valence-corrected chi connectivity index (χ0v) is 14.3. The van der Waals surface area contributed by atoms with Crippen molar-refractivity contribution in [3.63, 3.8) is 0 Å². The van der Waals surface area contributed by atoms with E-state index in [1.54, 1.807) is 11.8 Å². The van der Waals surface area contributed by atoms with Crippen LogP contribution in [0.25, 0.3) is 22.2 Å². The Bertz CT molecular complexity index is 979. The van der Waals surface area contributed by atoms with Gasteiger partial charge >= 0.3 is 0 Å². The maximum atomic E-state index is 5.90. The van der Waals surface area contributed by atoms with E-state index in [-0.39, 0.29) is 0 Å². The highest BCUT2D eigenvalue weighted by atomic mass is 35.5. The number of fused-ring (bicyclic) bond motifs is 1. The fourth-order valence-corrected chi connectivity index (χ4v) is 3.39. The van der Waals surface area contributed by atoms with Gasteiger partial charge in [0.15, 0.2) is 5.82 Å². The molecule has 0 amide bonds. The minimum Gasteiger partial charge on any atom is -0.262 e. The van der Waals surface area contributed by atoms with Gasteiger partial charge in [-0.15, -0.1) is 11.8 Å². The van der Waals surface area contributed by atoms with E-state index in [0.29, 0.717) is 0 Å². The van der Waals surface area contributed by atoms with Crippen molar-refractivity contribution in [3.8, 4) is 11.4 Å². The number of rotatable bonds is 4. The summed E-state index contributed by atoms with van der Waals surface area (Å²) in [7, 11) is 0. The molecule has 0 unspecified atom stereocenters. The topological polar surface area (TPSA) is 41.6 Å². The summed E-state index contributed by atoms with van der Waals surface area (Å²) in [6, 6.07) is 22.4. The van der Waals surface area contributed by atoms with Crippen LogP contribution in [0.15, 0.2) is 71.6 Å². The number of aromatic nitrogens is 3. The maximum Gasteiger partial charge on any atom is 0.181 e. The second-order valence-electron chi connectivity index (χ2n) is 5.41. The van der Waals surface area contributed by atoms with Crippen molar-refractivity contribution < 1.29 is 0 Å². The lowest BCUT2D eigenvalue weighted by molar-refractivity contribution is 1.03. The predicted octanol–water partition coefficient (Wildman–Crippen LogP) is 5.57. The number of aromatic amines is 1. The molecule has 0 aliphatic heterocycles. The highest BCUT2D eigenvalue weighted by Crippen LogP contribution is 2.25. The summed E-state index contributed by atoms with van der Waals surface area (Å²) in [5.41, 5.74) is 1.02. The first-order chi connectivity index (χ1) is 11.8. The average molecular weight is 352 g/mol. The molecule has 3 aromatic carbocycles. The number of hydrogen-bond acceptors (Lipinski definition) is 3. The highest BCUT2D eigenvalue weighted by Gasteiger charge is 2.07. The van der Waals surface area contributed by atoms with Crippen LogP contribution >= 0.6 is 23.4 Å². The molecule has 4 rings (SSSR count). The molecule has 0 fully saturated rings. The van der Waals surface area contributed by atoms with Crippen LogP contribution < -0.4 is 0 Å². The molecule has 4 aromatic rings. The molecule has 3 nitrogen and oxygen atoms in total. The van der Waals surface area contributed by atoms with E-state index in [9.17, 15) is 0 Å². The molecule has 24 heavy (non-hydrogen) atoms. The van der Waals surface area contributed by atoms with Crippen LogP contribution in [-0.2, 0) is 5.75 Å². The van der Waals surface area contributed by atoms with Gasteiger partial charge in [-0.05, 0) is 41.1 Å². The third kappa shape index (κ3) is 3.30. The van der Waals surface area contributed by atoms with Crippen LogP contribution in [0.1, 0.15) is 5.82 Å². The first-order valence-electron chi connectivity index (χ1n) is 7.57. The number of benzene rings is 3. The lowest BCUT2D eigenvalue weighted by atomic mass is 10.1. The first-order valence-corrected chi connectivity index (χ1v) is 8.93. The van der Waals surface area contributed by atoms with E-state index >= 15 is 0 Å². The molecule has 1 aromatic heterocycles. The molecule has 118 valence electrons. The van der Waals surface area contributed by atoms with Crippen molar-refractivity contribution in [2.24, 2.45) is 0 Å². The van der Waals surface area contributed by atoms with Crippen molar-refractivity contribution in [1.82, 2.24) is 15.2 Å². The molecule has 0 aliphatic carbocycles. The Labute approximate surface area is 149 Å². The van der Waals surface area contributed by atoms with Crippen molar-refractivity contribution in [2.45, 2.75) is 10.6 Å². The van der Waals surface area contributed by atoms with Gasteiger partial charge in [0.1, 0.15) is 5.82 Å². The minimum absolute atomic E-state index is 0.729. The summed E-state index contributed by atoms with van der Waals surface area (Å²) >= 11 is 7.60. The van der Waals surface area contributed by atoms with Gasteiger partial charge in [-0.1, -0.05) is 48.0 Å². The van der Waals surface area contributed by atoms with Crippen molar-refractivity contribution in [3.05, 3.63) is 77.6 Å². The quantitative estimate of drug-likeness (QED) is 0.488.